The fourth-order valence-electron chi connectivity index (χ4n) is 2.96. The molecule has 0 saturated heterocycles. The van der Waals surface area contributed by atoms with Crippen LogP contribution >= 0.6 is 0 Å². The van der Waals surface area contributed by atoms with Gasteiger partial charge in [0, 0.05) is 29.1 Å². The molecule has 11 nitrogen and oxygen atoms in total. The summed E-state index contributed by atoms with van der Waals surface area (Å²) < 4.78 is 5.35. The normalized spacial score (nSPS) is 10.3. The van der Waals surface area contributed by atoms with Crippen LogP contribution in [0, 0.1) is 20.2 Å². The molecule has 4 aromatic rings. The van der Waals surface area contributed by atoms with Crippen LogP contribution in [0.5, 0.6) is 5.75 Å². The van der Waals surface area contributed by atoms with Crippen molar-refractivity contribution in [1.82, 2.24) is 15.0 Å². The number of tetrazole rings is 1. The molecule has 1 heterocycles. The first-order valence-electron chi connectivity index (χ1n) is 9.00. The molecule has 1 aromatic heterocycles. The SMILES string of the molecule is COc1cc([N+](=O)[O-])ccc1-[n+]1nc(-c2ccccc2)nn1-c1ccc([N+](=O)[O-])cc1.[Cl-]. The van der Waals surface area contributed by atoms with Gasteiger partial charge in [-0.3, -0.25) is 20.2 Å². The van der Waals surface area contributed by atoms with Crippen LogP contribution < -0.4 is 21.9 Å². The fraction of sp³-hybridized carbons (Fsp3) is 0.0500. The number of methoxy groups -OCH3 is 1. The Hall–Kier alpha value is -4.38. The van der Waals surface area contributed by atoms with Gasteiger partial charge in [-0.05, 0) is 34.2 Å². The highest BCUT2D eigenvalue weighted by atomic mass is 35.5. The summed E-state index contributed by atoms with van der Waals surface area (Å²) in [6.45, 7) is 0. The van der Waals surface area contributed by atoms with Crippen molar-refractivity contribution < 1.29 is 31.8 Å². The van der Waals surface area contributed by atoms with E-state index in [0.29, 0.717) is 17.2 Å². The summed E-state index contributed by atoms with van der Waals surface area (Å²) >= 11 is 0. The number of halogens is 1. The molecule has 0 amide bonds. The van der Waals surface area contributed by atoms with Gasteiger partial charge in [-0.1, -0.05) is 18.2 Å². The number of nitro groups is 2. The van der Waals surface area contributed by atoms with Crippen molar-refractivity contribution >= 4 is 11.4 Å². The van der Waals surface area contributed by atoms with Crippen LogP contribution in [0.25, 0.3) is 22.8 Å². The van der Waals surface area contributed by atoms with Gasteiger partial charge in [-0.2, -0.15) is 0 Å². The molecule has 162 valence electrons. The summed E-state index contributed by atoms with van der Waals surface area (Å²) in [5, 5.41) is 31.2. The van der Waals surface area contributed by atoms with Crippen molar-refractivity contribution in [2.24, 2.45) is 0 Å². The molecular formula is C20H15ClN6O5. The number of nitrogens with zero attached hydrogens (tertiary/aromatic N) is 6. The van der Waals surface area contributed by atoms with Crippen LogP contribution in [0.1, 0.15) is 0 Å². The molecule has 4 rings (SSSR count). The molecule has 0 radical (unpaired) electrons. The van der Waals surface area contributed by atoms with E-state index < -0.39 is 9.85 Å². The standard InChI is InChI=1S/C20H15N6O5.ClH/c1-31-19-13-17(26(29)30)11-12-18(19)24-22-20(14-5-3-2-4-6-14)21-23(24)15-7-9-16(10-8-15)25(27)28;/h2-13H,1H3;1H/q+1;/p-1. The molecule has 0 bridgehead atoms. The van der Waals surface area contributed by atoms with Gasteiger partial charge in [0.05, 0.1) is 33.7 Å². The number of ether oxygens (including phenoxy) is 1. The third kappa shape index (κ3) is 4.23. The number of hydrogen-bond acceptors (Lipinski definition) is 7. The highest BCUT2D eigenvalue weighted by molar-refractivity contribution is 5.54. The van der Waals surface area contributed by atoms with Crippen LogP contribution in [0.15, 0.2) is 72.8 Å². The maximum atomic E-state index is 11.1. The Labute approximate surface area is 187 Å². The number of non-ortho nitro benzene ring substituents is 2. The largest absolute Gasteiger partial charge is 1.00 e. The third-order valence-electron chi connectivity index (χ3n) is 4.47. The number of nitro benzene ring substituents is 2. The highest BCUT2D eigenvalue weighted by Crippen LogP contribution is 2.25. The lowest BCUT2D eigenvalue weighted by Gasteiger charge is -2.05. The summed E-state index contributed by atoms with van der Waals surface area (Å²) in [5.74, 6) is 0.605. The lowest BCUT2D eigenvalue weighted by atomic mass is 10.2. The van der Waals surface area contributed by atoms with Crippen molar-refractivity contribution in [1.29, 1.82) is 0 Å². The minimum Gasteiger partial charge on any atom is -1.00 e. The summed E-state index contributed by atoms with van der Waals surface area (Å²) in [6, 6.07) is 19.2. The Morgan fingerprint density at radius 1 is 0.906 bits per heavy atom. The van der Waals surface area contributed by atoms with Gasteiger partial charge in [0.25, 0.3) is 11.4 Å². The first-order valence-corrected chi connectivity index (χ1v) is 9.00. The number of benzene rings is 3. The number of rotatable bonds is 6. The summed E-state index contributed by atoms with van der Waals surface area (Å²) in [6.07, 6.45) is 0. The first-order chi connectivity index (χ1) is 15.0. The Balaban J connectivity index is 0.00000289. The molecule has 0 aliphatic carbocycles. The van der Waals surface area contributed by atoms with E-state index in [1.807, 2.05) is 30.3 Å². The zero-order chi connectivity index (χ0) is 22.0. The first kappa shape index (κ1) is 22.3. The van der Waals surface area contributed by atoms with Crippen molar-refractivity contribution in [3.8, 4) is 28.5 Å². The number of hydrogen-bond donors (Lipinski definition) is 0. The quantitative estimate of drug-likeness (QED) is 0.228. The van der Waals surface area contributed by atoms with E-state index in [9.17, 15) is 20.2 Å². The van der Waals surface area contributed by atoms with Crippen molar-refractivity contribution in [2.45, 2.75) is 0 Å². The Morgan fingerprint density at radius 2 is 1.53 bits per heavy atom. The van der Waals surface area contributed by atoms with Gasteiger partial charge < -0.3 is 17.1 Å². The van der Waals surface area contributed by atoms with Gasteiger partial charge in [0.2, 0.25) is 5.69 Å². The zero-order valence-electron chi connectivity index (χ0n) is 16.5. The molecule has 0 atom stereocenters. The van der Waals surface area contributed by atoms with E-state index in [1.165, 1.54) is 59.2 Å². The second kappa shape index (κ2) is 9.18. The van der Waals surface area contributed by atoms with Gasteiger partial charge >= 0.3 is 5.82 Å². The molecule has 0 aliphatic heterocycles. The molecule has 0 unspecified atom stereocenters. The molecular weight excluding hydrogens is 440 g/mol. The van der Waals surface area contributed by atoms with Crippen LogP contribution in [0.2, 0.25) is 0 Å². The third-order valence-corrected chi connectivity index (χ3v) is 4.47. The van der Waals surface area contributed by atoms with Crippen molar-refractivity contribution in [3.63, 3.8) is 0 Å². The van der Waals surface area contributed by atoms with Crippen molar-refractivity contribution in [2.75, 3.05) is 7.11 Å². The molecule has 32 heavy (non-hydrogen) atoms. The van der Waals surface area contributed by atoms with E-state index in [0.717, 1.165) is 5.56 Å². The van der Waals surface area contributed by atoms with E-state index >= 15 is 0 Å². The minimum absolute atomic E-state index is 0. The van der Waals surface area contributed by atoms with E-state index in [-0.39, 0.29) is 29.5 Å². The van der Waals surface area contributed by atoms with Crippen LogP contribution in [0.4, 0.5) is 11.4 Å². The monoisotopic (exact) mass is 454 g/mol. The Kier molecular flexibility index (Phi) is 6.40. The van der Waals surface area contributed by atoms with Crippen LogP contribution in [-0.4, -0.2) is 32.0 Å². The lowest BCUT2D eigenvalue weighted by molar-refractivity contribution is -0.734. The summed E-state index contributed by atoms with van der Waals surface area (Å²) in [5.41, 5.74) is 1.46. The minimum atomic E-state index is -0.520. The van der Waals surface area contributed by atoms with Crippen LogP contribution in [0.3, 0.4) is 0 Å². The van der Waals surface area contributed by atoms with E-state index in [1.54, 1.807) is 0 Å². The molecule has 0 saturated carbocycles. The summed E-state index contributed by atoms with van der Waals surface area (Å²) in [7, 11) is 1.40. The second-order valence-electron chi connectivity index (χ2n) is 6.36. The van der Waals surface area contributed by atoms with Crippen molar-refractivity contribution in [3.05, 3.63) is 93.0 Å². The lowest BCUT2D eigenvalue weighted by Crippen LogP contribution is -3.00. The maximum absolute atomic E-state index is 11.1. The topological polar surface area (TPSA) is 130 Å². The average molecular weight is 455 g/mol. The Bertz CT molecular complexity index is 1280. The average Bonchev–Trinajstić information content (AvgIpc) is 3.24. The second-order valence-corrected chi connectivity index (χ2v) is 6.36. The molecule has 3 aromatic carbocycles. The smallest absolute Gasteiger partial charge is 0.340 e. The van der Waals surface area contributed by atoms with Gasteiger partial charge in [-0.25, -0.2) is 0 Å². The molecule has 0 aliphatic rings. The zero-order valence-corrected chi connectivity index (χ0v) is 17.3. The van der Waals surface area contributed by atoms with Gasteiger partial charge in [0.15, 0.2) is 5.75 Å². The predicted molar refractivity (Wildman–Crippen MR) is 108 cm³/mol. The molecule has 12 heteroatoms. The molecule has 0 spiro atoms. The fourth-order valence-corrected chi connectivity index (χ4v) is 2.96. The summed E-state index contributed by atoms with van der Waals surface area (Å²) in [4.78, 5) is 24.0. The van der Waals surface area contributed by atoms with Crippen LogP contribution in [-0.2, 0) is 0 Å². The molecule has 0 N–H and O–H groups in total. The highest BCUT2D eigenvalue weighted by Gasteiger charge is 2.27. The van der Waals surface area contributed by atoms with E-state index in [4.69, 9.17) is 4.74 Å². The van der Waals surface area contributed by atoms with Gasteiger partial charge in [-0.15, -0.1) is 0 Å². The molecule has 0 fully saturated rings. The number of aromatic nitrogens is 4. The predicted octanol–water partition coefficient (Wildman–Crippen LogP) is 0.0400. The maximum Gasteiger partial charge on any atom is 0.340 e. The van der Waals surface area contributed by atoms with E-state index in [2.05, 4.69) is 10.2 Å². The Morgan fingerprint density at radius 3 is 2.12 bits per heavy atom. The van der Waals surface area contributed by atoms with Gasteiger partial charge in [0.1, 0.15) is 5.69 Å².